The van der Waals surface area contributed by atoms with Crippen molar-refractivity contribution in [3.05, 3.63) is 35.4 Å². The summed E-state index contributed by atoms with van der Waals surface area (Å²) >= 11 is 0. The molecule has 1 fully saturated rings. The number of hydrogen-bond donors (Lipinski definition) is 3. The van der Waals surface area contributed by atoms with E-state index >= 15 is 0 Å². The molecule has 0 unspecified atom stereocenters. The Bertz CT molecular complexity index is 653. The molecule has 9 heteroatoms. The molecule has 142 valence electrons. The number of halogens is 3. The summed E-state index contributed by atoms with van der Waals surface area (Å²) in [5.41, 5.74) is 3.67. The van der Waals surface area contributed by atoms with Crippen LogP contribution in [0.5, 0.6) is 0 Å². The molecule has 0 saturated heterocycles. The number of rotatable bonds is 4. The highest BCUT2D eigenvalue weighted by Crippen LogP contribution is 2.29. The van der Waals surface area contributed by atoms with Crippen LogP contribution in [0.2, 0.25) is 0 Å². The standard InChI is InChI=1S/C17H20F3N3O3/c18-17(19,20)13-8-6-12(7-9-13)15(25)21-10-14(24)22-23-16(26)11-4-2-1-3-5-11/h6-9,11H,1-5,10H2,(H,21,25)(H,22,24)(H,23,26). The van der Waals surface area contributed by atoms with Gasteiger partial charge in [0.25, 0.3) is 11.8 Å². The number of carbonyl (C=O) groups is 3. The van der Waals surface area contributed by atoms with Crippen LogP contribution in [0.4, 0.5) is 13.2 Å². The molecule has 1 aromatic carbocycles. The molecule has 1 saturated carbocycles. The van der Waals surface area contributed by atoms with E-state index < -0.39 is 30.1 Å². The van der Waals surface area contributed by atoms with Gasteiger partial charge in [0.05, 0.1) is 12.1 Å². The van der Waals surface area contributed by atoms with E-state index in [1.807, 2.05) is 0 Å². The normalized spacial score (nSPS) is 15.2. The van der Waals surface area contributed by atoms with Crippen LogP contribution in [0, 0.1) is 5.92 Å². The molecule has 0 heterocycles. The fourth-order valence-electron chi connectivity index (χ4n) is 2.72. The first-order valence-electron chi connectivity index (χ1n) is 8.31. The Morgan fingerprint density at radius 1 is 0.962 bits per heavy atom. The van der Waals surface area contributed by atoms with Crippen molar-refractivity contribution >= 4 is 17.7 Å². The molecular formula is C17H20F3N3O3. The largest absolute Gasteiger partial charge is 0.416 e. The maximum absolute atomic E-state index is 12.5. The zero-order valence-corrected chi connectivity index (χ0v) is 14.0. The lowest BCUT2D eigenvalue weighted by Gasteiger charge is -2.20. The molecule has 1 aliphatic rings. The van der Waals surface area contributed by atoms with Gasteiger partial charge in [-0.25, -0.2) is 0 Å². The summed E-state index contributed by atoms with van der Waals surface area (Å²) in [7, 11) is 0. The molecular weight excluding hydrogens is 351 g/mol. The van der Waals surface area contributed by atoms with E-state index in [-0.39, 0.29) is 17.4 Å². The van der Waals surface area contributed by atoms with Gasteiger partial charge < -0.3 is 5.32 Å². The van der Waals surface area contributed by atoms with Crippen LogP contribution in [-0.4, -0.2) is 24.3 Å². The zero-order chi connectivity index (χ0) is 19.2. The second-order valence-electron chi connectivity index (χ2n) is 6.13. The predicted octanol–water partition coefficient (Wildman–Crippen LogP) is 2.16. The SMILES string of the molecule is O=C(CNC(=O)c1ccc(C(F)(F)F)cc1)NNC(=O)C1CCCCC1. The molecule has 6 nitrogen and oxygen atoms in total. The van der Waals surface area contributed by atoms with Crippen LogP contribution in [0.3, 0.4) is 0 Å². The number of amides is 3. The molecule has 1 aliphatic carbocycles. The van der Waals surface area contributed by atoms with Gasteiger partial charge in [0, 0.05) is 11.5 Å². The summed E-state index contributed by atoms with van der Waals surface area (Å²) in [5, 5.41) is 2.28. The Hall–Kier alpha value is -2.58. The van der Waals surface area contributed by atoms with E-state index in [0.717, 1.165) is 56.4 Å². The third-order valence-corrected chi connectivity index (χ3v) is 4.19. The van der Waals surface area contributed by atoms with Gasteiger partial charge in [-0.1, -0.05) is 19.3 Å². The van der Waals surface area contributed by atoms with Crippen molar-refractivity contribution < 1.29 is 27.6 Å². The van der Waals surface area contributed by atoms with Crippen molar-refractivity contribution in [1.29, 1.82) is 0 Å². The summed E-state index contributed by atoms with van der Waals surface area (Å²) < 4.78 is 37.4. The molecule has 3 N–H and O–H groups in total. The number of alkyl halides is 3. The number of hydrazine groups is 1. The smallest absolute Gasteiger partial charge is 0.343 e. The Morgan fingerprint density at radius 2 is 1.58 bits per heavy atom. The topological polar surface area (TPSA) is 87.3 Å². The van der Waals surface area contributed by atoms with Gasteiger partial charge in [-0.3, -0.25) is 25.2 Å². The first-order valence-corrected chi connectivity index (χ1v) is 8.31. The summed E-state index contributed by atoms with van der Waals surface area (Å²) in [6.45, 7) is -0.412. The molecule has 0 bridgehead atoms. The molecule has 1 aromatic rings. The molecule has 26 heavy (non-hydrogen) atoms. The van der Waals surface area contributed by atoms with Crippen LogP contribution in [0.25, 0.3) is 0 Å². The van der Waals surface area contributed by atoms with Gasteiger partial charge in [-0.15, -0.1) is 0 Å². The van der Waals surface area contributed by atoms with Crippen molar-refractivity contribution in [3.63, 3.8) is 0 Å². The Kier molecular flexibility index (Phi) is 6.59. The van der Waals surface area contributed by atoms with Gasteiger partial charge in [-0.05, 0) is 37.1 Å². The first kappa shape index (κ1) is 19.7. The summed E-state index contributed by atoms with van der Waals surface area (Å²) in [6, 6.07) is 3.64. The van der Waals surface area contributed by atoms with Crippen LogP contribution in [-0.2, 0) is 15.8 Å². The van der Waals surface area contributed by atoms with Crippen molar-refractivity contribution in [3.8, 4) is 0 Å². The Balaban J connectivity index is 1.74. The molecule has 0 radical (unpaired) electrons. The van der Waals surface area contributed by atoms with E-state index in [4.69, 9.17) is 0 Å². The zero-order valence-electron chi connectivity index (χ0n) is 14.0. The molecule has 0 aromatic heterocycles. The number of hydrogen-bond acceptors (Lipinski definition) is 3. The monoisotopic (exact) mass is 371 g/mol. The lowest BCUT2D eigenvalue weighted by atomic mass is 9.89. The third kappa shape index (κ3) is 5.75. The van der Waals surface area contributed by atoms with Crippen molar-refractivity contribution in [2.75, 3.05) is 6.54 Å². The maximum atomic E-state index is 12.5. The lowest BCUT2D eigenvalue weighted by Crippen LogP contribution is -2.48. The fourth-order valence-corrected chi connectivity index (χ4v) is 2.72. The average Bonchev–Trinajstić information content (AvgIpc) is 2.64. The highest BCUT2D eigenvalue weighted by molar-refractivity contribution is 5.96. The highest BCUT2D eigenvalue weighted by atomic mass is 19.4. The van der Waals surface area contributed by atoms with Gasteiger partial charge in [0.1, 0.15) is 0 Å². The minimum atomic E-state index is -4.48. The van der Waals surface area contributed by atoms with Crippen molar-refractivity contribution in [2.45, 2.75) is 38.3 Å². The molecule has 3 amide bonds. The second-order valence-corrected chi connectivity index (χ2v) is 6.13. The van der Waals surface area contributed by atoms with E-state index in [2.05, 4.69) is 16.2 Å². The van der Waals surface area contributed by atoms with E-state index in [1.54, 1.807) is 0 Å². The van der Waals surface area contributed by atoms with Crippen LogP contribution < -0.4 is 16.2 Å². The molecule has 0 atom stereocenters. The highest BCUT2D eigenvalue weighted by Gasteiger charge is 2.30. The summed E-state index contributed by atoms with van der Waals surface area (Å²) in [5.74, 6) is -1.69. The predicted molar refractivity (Wildman–Crippen MR) is 86.6 cm³/mol. The molecule has 2 rings (SSSR count). The minimum absolute atomic E-state index is 0.00274. The lowest BCUT2D eigenvalue weighted by molar-refractivity contribution is -0.137. The molecule has 0 aliphatic heterocycles. The molecule has 0 spiro atoms. The van der Waals surface area contributed by atoms with Crippen LogP contribution in [0.1, 0.15) is 48.0 Å². The van der Waals surface area contributed by atoms with E-state index in [9.17, 15) is 27.6 Å². The maximum Gasteiger partial charge on any atom is 0.416 e. The van der Waals surface area contributed by atoms with Crippen molar-refractivity contribution in [1.82, 2.24) is 16.2 Å². The number of carbonyl (C=O) groups excluding carboxylic acids is 3. The Morgan fingerprint density at radius 3 is 2.15 bits per heavy atom. The van der Waals surface area contributed by atoms with E-state index in [0.29, 0.717) is 0 Å². The van der Waals surface area contributed by atoms with Gasteiger partial charge >= 0.3 is 6.18 Å². The summed E-state index contributed by atoms with van der Waals surface area (Å²) in [6.07, 6.45) is 0.153. The van der Waals surface area contributed by atoms with Gasteiger partial charge in [-0.2, -0.15) is 13.2 Å². The second kappa shape index (κ2) is 8.68. The Labute approximate surface area is 148 Å². The van der Waals surface area contributed by atoms with Crippen LogP contribution >= 0.6 is 0 Å². The van der Waals surface area contributed by atoms with E-state index in [1.165, 1.54) is 0 Å². The number of nitrogens with one attached hydrogen (secondary N) is 3. The first-order chi connectivity index (χ1) is 12.3. The average molecular weight is 371 g/mol. The minimum Gasteiger partial charge on any atom is -0.343 e. The van der Waals surface area contributed by atoms with Gasteiger partial charge in [0.15, 0.2) is 0 Å². The van der Waals surface area contributed by atoms with Crippen molar-refractivity contribution in [2.24, 2.45) is 5.92 Å². The van der Waals surface area contributed by atoms with Crippen LogP contribution in [0.15, 0.2) is 24.3 Å². The number of benzene rings is 1. The van der Waals surface area contributed by atoms with Gasteiger partial charge in [0.2, 0.25) is 5.91 Å². The summed E-state index contributed by atoms with van der Waals surface area (Å²) in [4.78, 5) is 35.4. The quantitative estimate of drug-likeness (QED) is 0.709. The fraction of sp³-hybridized carbons (Fsp3) is 0.471. The third-order valence-electron chi connectivity index (χ3n) is 4.19.